The molecule has 2 aliphatic rings. The van der Waals surface area contributed by atoms with Crippen molar-refractivity contribution in [2.45, 2.75) is 26.4 Å². The summed E-state index contributed by atoms with van der Waals surface area (Å²) in [7, 11) is 1.49. The van der Waals surface area contributed by atoms with Crippen LogP contribution in [-0.4, -0.2) is 61.5 Å². The molecule has 2 heterocycles. The van der Waals surface area contributed by atoms with E-state index in [1.165, 1.54) is 12.7 Å². The topological polar surface area (TPSA) is 82.9 Å². The van der Waals surface area contributed by atoms with E-state index in [1.807, 2.05) is 23.1 Å². The Labute approximate surface area is 198 Å². The van der Waals surface area contributed by atoms with Crippen LogP contribution < -0.4 is 4.74 Å². The van der Waals surface area contributed by atoms with Gasteiger partial charge in [0.15, 0.2) is 0 Å². The minimum absolute atomic E-state index is 0.0162. The molecule has 1 amide bonds. The molecule has 0 aromatic heterocycles. The second-order valence-electron chi connectivity index (χ2n) is 8.36. The van der Waals surface area contributed by atoms with Gasteiger partial charge in [-0.15, -0.1) is 0 Å². The minimum atomic E-state index is -0.235. The van der Waals surface area contributed by atoms with E-state index in [4.69, 9.17) is 21.1 Å². The van der Waals surface area contributed by atoms with E-state index in [9.17, 15) is 14.9 Å². The van der Waals surface area contributed by atoms with Gasteiger partial charge in [0.05, 0.1) is 24.7 Å². The molecule has 0 bridgehead atoms. The van der Waals surface area contributed by atoms with E-state index in [-0.39, 0.29) is 18.3 Å². The average molecular weight is 468 g/mol. The molecule has 0 spiro atoms. The first kappa shape index (κ1) is 23.1. The fourth-order valence-electron chi connectivity index (χ4n) is 4.43. The number of carbonyl (C=O) groups excluding carboxylic acids is 2. The highest BCUT2D eigenvalue weighted by atomic mass is 35.5. The van der Waals surface area contributed by atoms with Crippen LogP contribution in [0.2, 0.25) is 5.02 Å². The molecule has 2 aromatic carbocycles. The van der Waals surface area contributed by atoms with Gasteiger partial charge in [-0.2, -0.15) is 5.26 Å². The molecule has 0 saturated carbocycles. The molecule has 1 fully saturated rings. The summed E-state index contributed by atoms with van der Waals surface area (Å²) < 4.78 is 10.4. The fraction of sp³-hybridized carbons (Fsp3) is 0.400. The number of nitrogens with zero attached hydrogens (tertiary/aromatic N) is 3. The molecule has 172 valence electrons. The van der Waals surface area contributed by atoms with Crippen molar-refractivity contribution in [3.63, 3.8) is 0 Å². The molecule has 33 heavy (non-hydrogen) atoms. The van der Waals surface area contributed by atoms with Crippen LogP contribution in [0.4, 0.5) is 0 Å². The Hall–Kier alpha value is -3.08. The number of ether oxygens (including phenoxy) is 2. The van der Waals surface area contributed by atoms with Crippen LogP contribution in [0, 0.1) is 18.3 Å². The first-order valence-electron chi connectivity index (χ1n) is 11.0. The van der Waals surface area contributed by atoms with Gasteiger partial charge in [0, 0.05) is 43.3 Å². The Morgan fingerprint density at radius 2 is 1.97 bits per heavy atom. The van der Waals surface area contributed by atoms with Crippen molar-refractivity contribution in [1.82, 2.24) is 9.80 Å². The number of nitriles is 1. The first-order chi connectivity index (χ1) is 15.9. The lowest BCUT2D eigenvalue weighted by Crippen LogP contribution is -2.49. The van der Waals surface area contributed by atoms with Gasteiger partial charge in [-0.05, 0) is 48.2 Å². The van der Waals surface area contributed by atoms with Gasteiger partial charge in [0.2, 0.25) is 5.91 Å². The third kappa shape index (κ3) is 4.82. The summed E-state index contributed by atoms with van der Waals surface area (Å²) >= 11 is 6.29. The molecule has 0 radical (unpaired) electrons. The van der Waals surface area contributed by atoms with Crippen LogP contribution in [0.25, 0.3) is 0 Å². The van der Waals surface area contributed by atoms with Crippen molar-refractivity contribution in [2.75, 3.05) is 39.8 Å². The number of fused-ring (bicyclic) bond motifs is 1. The monoisotopic (exact) mass is 467 g/mol. The quantitative estimate of drug-likeness (QED) is 0.607. The minimum Gasteiger partial charge on any atom is -0.495 e. The van der Waals surface area contributed by atoms with Gasteiger partial charge in [0.25, 0.3) is 0 Å². The summed E-state index contributed by atoms with van der Waals surface area (Å²) in [5.41, 5.74) is 5.07. The normalized spacial score (nSPS) is 15.7. The van der Waals surface area contributed by atoms with E-state index in [1.54, 1.807) is 12.1 Å². The van der Waals surface area contributed by atoms with E-state index >= 15 is 0 Å². The third-order valence-electron chi connectivity index (χ3n) is 6.53. The molecule has 0 N–H and O–H groups in total. The predicted molar refractivity (Wildman–Crippen MR) is 123 cm³/mol. The SMILES string of the molecule is COc1cc(CC(=O)N2CCN(CCc3ccc4c(c3C)COC4=O)CC2)c(Cl)cc1C#N. The van der Waals surface area contributed by atoms with Crippen molar-refractivity contribution >= 4 is 23.5 Å². The molecule has 0 atom stereocenters. The Morgan fingerprint density at radius 1 is 1.21 bits per heavy atom. The van der Waals surface area contributed by atoms with Gasteiger partial charge in [-0.25, -0.2) is 4.79 Å². The van der Waals surface area contributed by atoms with Crippen molar-refractivity contribution in [3.05, 3.63) is 62.7 Å². The van der Waals surface area contributed by atoms with Gasteiger partial charge in [0.1, 0.15) is 18.4 Å². The average Bonchev–Trinajstić information content (AvgIpc) is 3.21. The number of methoxy groups -OCH3 is 1. The second kappa shape index (κ2) is 9.82. The van der Waals surface area contributed by atoms with Crippen molar-refractivity contribution < 1.29 is 19.1 Å². The fourth-order valence-corrected chi connectivity index (χ4v) is 4.66. The van der Waals surface area contributed by atoms with Crippen molar-refractivity contribution in [3.8, 4) is 11.8 Å². The zero-order chi connectivity index (χ0) is 23.5. The number of piperazine rings is 1. The Kier molecular flexibility index (Phi) is 6.87. The molecule has 2 aromatic rings. The van der Waals surface area contributed by atoms with E-state index in [0.29, 0.717) is 47.2 Å². The van der Waals surface area contributed by atoms with Crippen LogP contribution in [0.15, 0.2) is 24.3 Å². The van der Waals surface area contributed by atoms with Crippen LogP contribution in [-0.2, 0) is 29.0 Å². The highest BCUT2D eigenvalue weighted by molar-refractivity contribution is 6.31. The lowest BCUT2D eigenvalue weighted by molar-refractivity contribution is -0.132. The number of amides is 1. The molecule has 7 nitrogen and oxygen atoms in total. The maximum atomic E-state index is 12.8. The highest BCUT2D eigenvalue weighted by Crippen LogP contribution is 2.28. The van der Waals surface area contributed by atoms with Gasteiger partial charge in [-0.1, -0.05) is 17.7 Å². The van der Waals surface area contributed by atoms with Crippen molar-refractivity contribution in [1.29, 1.82) is 5.26 Å². The molecule has 0 unspecified atom stereocenters. The number of carbonyl (C=O) groups is 2. The number of halogens is 1. The summed E-state index contributed by atoms with van der Waals surface area (Å²) in [6.07, 6.45) is 1.07. The van der Waals surface area contributed by atoms with E-state index in [0.717, 1.165) is 37.2 Å². The molecule has 2 aliphatic heterocycles. The maximum Gasteiger partial charge on any atom is 0.338 e. The lowest BCUT2D eigenvalue weighted by Gasteiger charge is -2.35. The predicted octanol–water partition coefficient (Wildman–Crippen LogP) is 3.13. The van der Waals surface area contributed by atoms with Crippen LogP contribution in [0.1, 0.15) is 38.2 Å². The van der Waals surface area contributed by atoms with Gasteiger partial charge >= 0.3 is 5.97 Å². The zero-order valence-electron chi connectivity index (χ0n) is 18.8. The molecule has 0 aliphatic carbocycles. The van der Waals surface area contributed by atoms with Gasteiger partial charge < -0.3 is 14.4 Å². The van der Waals surface area contributed by atoms with Crippen LogP contribution in [0.5, 0.6) is 5.75 Å². The molecule has 1 saturated heterocycles. The third-order valence-corrected chi connectivity index (χ3v) is 6.88. The molecule has 4 rings (SSSR count). The number of hydrogen-bond acceptors (Lipinski definition) is 6. The Balaban J connectivity index is 1.30. The van der Waals surface area contributed by atoms with Gasteiger partial charge in [-0.3, -0.25) is 9.69 Å². The number of hydrogen-bond donors (Lipinski definition) is 0. The second-order valence-corrected chi connectivity index (χ2v) is 8.76. The van der Waals surface area contributed by atoms with Crippen LogP contribution in [0.3, 0.4) is 0 Å². The lowest BCUT2D eigenvalue weighted by atomic mass is 9.96. The molecule has 8 heteroatoms. The number of rotatable bonds is 6. The van der Waals surface area contributed by atoms with Crippen LogP contribution >= 0.6 is 11.6 Å². The Morgan fingerprint density at radius 3 is 2.67 bits per heavy atom. The van der Waals surface area contributed by atoms with Crippen molar-refractivity contribution in [2.24, 2.45) is 0 Å². The van der Waals surface area contributed by atoms with E-state index < -0.39 is 0 Å². The number of benzene rings is 2. The molecular weight excluding hydrogens is 442 g/mol. The summed E-state index contributed by atoms with van der Waals surface area (Å²) in [5.74, 6) is 0.205. The summed E-state index contributed by atoms with van der Waals surface area (Å²) in [6, 6.07) is 9.16. The summed E-state index contributed by atoms with van der Waals surface area (Å²) in [5, 5.41) is 9.57. The maximum absolute atomic E-state index is 12.8. The van der Waals surface area contributed by atoms with E-state index in [2.05, 4.69) is 11.8 Å². The smallest absolute Gasteiger partial charge is 0.338 e. The number of cyclic esters (lactones) is 1. The highest BCUT2D eigenvalue weighted by Gasteiger charge is 2.25. The largest absolute Gasteiger partial charge is 0.495 e. The molecular formula is C25H26ClN3O4. The standard InChI is InChI=1S/C25H26ClN3O4/c1-16-17(3-4-20-21(16)15-33-25(20)31)5-6-28-7-9-29(10-8-28)24(30)13-18-12-23(32-2)19(14-27)11-22(18)26/h3-4,11-12H,5-10,13,15H2,1-2H3. The zero-order valence-corrected chi connectivity index (χ0v) is 19.6. The number of esters is 1. The first-order valence-corrected chi connectivity index (χ1v) is 11.3. The Bertz CT molecular complexity index is 1130. The summed E-state index contributed by atoms with van der Waals surface area (Å²) in [4.78, 5) is 28.8. The summed E-state index contributed by atoms with van der Waals surface area (Å²) in [6.45, 7) is 6.25.